The van der Waals surface area contributed by atoms with Crippen molar-refractivity contribution in [1.82, 2.24) is 4.98 Å². The molecule has 0 saturated heterocycles. The first-order valence-corrected chi connectivity index (χ1v) is 8.53. The third-order valence-corrected chi connectivity index (χ3v) is 4.04. The molecule has 0 saturated carbocycles. The van der Waals surface area contributed by atoms with Crippen molar-refractivity contribution in [1.29, 1.82) is 0 Å². The average Bonchev–Trinajstić information content (AvgIpc) is 2.74. The molecule has 0 bridgehead atoms. The van der Waals surface area contributed by atoms with Crippen molar-refractivity contribution in [2.45, 2.75) is 0 Å². The topological polar surface area (TPSA) is 81.7 Å². The Bertz CT molecular complexity index is 958. The van der Waals surface area contributed by atoms with Gasteiger partial charge in [0, 0.05) is 23.5 Å². The van der Waals surface area contributed by atoms with Gasteiger partial charge in [0.2, 0.25) is 0 Å². The molecule has 0 radical (unpaired) electrons. The molecule has 0 aliphatic rings. The molecule has 0 atom stereocenters. The Hall–Kier alpha value is -3.74. The number of ether oxygens (including phenoxy) is 3. The summed E-state index contributed by atoms with van der Waals surface area (Å²) in [6.45, 7) is 0. The molecule has 0 aliphatic heterocycles. The van der Waals surface area contributed by atoms with Gasteiger partial charge < -0.3 is 24.8 Å². The van der Waals surface area contributed by atoms with Crippen molar-refractivity contribution < 1.29 is 19.0 Å². The normalized spacial score (nSPS) is 10.1. The van der Waals surface area contributed by atoms with Crippen molar-refractivity contribution in [3.8, 4) is 17.2 Å². The van der Waals surface area contributed by atoms with Crippen molar-refractivity contribution >= 4 is 23.1 Å². The van der Waals surface area contributed by atoms with Gasteiger partial charge in [-0.05, 0) is 48.5 Å². The van der Waals surface area contributed by atoms with E-state index in [9.17, 15) is 4.79 Å². The predicted molar refractivity (Wildman–Crippen MR) is 108 cm³/mol. The van der Waals surface area contributed by atoms with E-state index in [1.54, 1.807) is 82.1 Å². The first-order valence-electron chi connectivity index (χ1n) is 8.53. The number of anilines is 3. The highest BCUT2D eigenvalue weighted by molar-refractivity contribution is 6.04. The minimum atomic E-state index is -0.242. The second-order valence-electron chi connectivity index (χ2n) is 5.80. The number of hydrogen-bond donors (Lipinski definition) is 2. The second kappa shape index (κ2) is 8.77. The van der Waals surface area contributed by atoms with Crippen LogP contribution in [0.15, 0.2) is 60.8 Å². The average molecular weight is 379 g/mol. The van der Waals surface area contributed by atoms with Crippen LogP contribution in [0.2, 0.25) is 0 Å². The maximum absolute atomic E-state index is 12.6. The van der Waals surface area contributed by atoms with Gasteiger partial charge in [-0.15, -0.1) is 0 Å². The molecular weight excluding hydrogens is 358 g/mol. The Morgan fingerprint density at radius 1 is 0.857 bits per heavy atom. The number of pyridine rings is 1. The smallest absolute Gasteiger partial charge is 0.255 e. The van der Waals surface area contributed by atoms with Crippen LogP contribution in [0.3, 0.4) is 0 Å². The lowest BCUT2D eigenvalue weighted by atomic mass is 10.2. The third-order valence-electron chi connectivity index (χ3n) is 4.04. The fourth-order valence-electron chi connectivity index (χ4n) is 2.57. The lowest BCUT2D eigenvalue weighted by molar-refractivity contribution is 0.102. The Morgan fingerprint density at radius 3 is 2.25 bits per heavy atom. The van der Waals surface area contributed by atoms with E-state index < -0.39 is 0 Å². The molecule has 0 spiro atoms. The van der Waals surface area contributed by atoms with E-state index in [4.69, 9.17) is 14.2 Å². The van der Waals surface area contributed by atoms with Gasteiger partial charge in [0.15, 0.2) is 0 Å². The van der Waals surface area contributed by atoms with Crippen molar-refractivity contribution in [3.63, 3.8) is 0 Å². The van der Waals surface area contributed by atoms with Crippen molar-refractivity contribution in [2.75, 3.05) is 32.0 Å². The summed E-state index contributed by atoms with van der Waals surface area (Å²) in [6.07, 6.45) is 1.57. The molecule has 0 fully saturated rings. The van der Waals surface area contributed by atoms with Crippen LogP contribution in [0.1, 0.15) is 10.4 Å². The number of nitrogens with zero attached hydrogens (tertiary/aromatic N) is 1. The zero-order chi connectivity index (χ0) is 19.9. The quantitative estimate of drug-likeness (QED) is 0.643. The summed E-state index contributed by atoms with van der Waals surface area (Å²) in [5.74, 6) is 2.30. The number of carbonyl (C=O) groups excluding carboxylic acids is 1. The van der Waals surface area contributed by atoms with Crippen LogP contribution >= 0.6 is 0 Å². The monoisotopic (exact) mass is 379 g/mol. The molecule has 2 N–H and O–H groups in total. The summed E-state index contributed by atoms with van der Waals surface area (Å²) in [7, 11) is 4.77. The minimum absolute atomic E-state index is 0.242. The van der Waals surface area contributed by atoms with Crippen LogP contribution in [0, 0.1) is 0 Å². The van der Waals surface area contributed by atoms with E-state index >= 15 is 0 Å². The van der Waals surface area contributed by atoms with Gasteiger partial charge in [0.1, 0.15) is 23.1 Å². The number of methoxy groups -OCH3 is 3. The summed E-state index contributed by atoms with van der Waals surface area (Å²) in [4.78, 5) is 16.8. The first kappa shape index (κ1) is 19.0. The molecule has 7 nitrogen and oxygen atoms in total. The molecule has 3 rings (SSSR count). The number of hydrogen-bond acceptors (Lipinski definition) is 6. The third kappa shape index (κ3) is 4.50. The Labute approximate surface area is 163 Å². The van der Waals surface area contributed by atoms with Gasteiger partial charge >= 0.3 is 0 Å². The maximum Gasteiger partial charge on any atom is 0.255 e. The molecule has 0 aliphatic carbocycles. The standard InChI is InChI=1S/C21H21N3O4/c1-26-16-6-4-15(5-7-16)23-21(25)14-10-11-22-20(12-14)24-18-13-17(27-2)8-9-19(18)28-3/h4-13H,1-3H3,(H,22,24)(H,23,25). The summed E-state index contributed by atoms with van der Waals surface area (Å²) in [5.41, 5.74) is 1.82. The van der Waals surface area contributed by atoms with E-state index in [1.165, 1.54) is 0 Å². The predicted octanol–water partition coefficient (Wildman–Crippen LogP) is 4.10. The van der Waals surface area contributed by atoms with Crippen molar-refractivity contribution in [3.05, 3.63) is 66.4 Å². The fraction of sp³-hybridized carbons (Fsp3) is 0.143. The molecule has 0 unspecified atom stereocenters. The van der Waals surface area contributed by atoms with Crippen LogP contribution < -0.4 is 24.8 Å². The SMILES string of the molecule is COc1ccc(NC(=O)c2ccnc(Nc3cc(OC)ccc3OC)c2)cc1. The van der Waals surface area contributed by atoms with E-state index in [0.29, 0.717) is 34.3 Å². The van der Waals surface area contributed by atoms with Gasteiger partial charge in [-0.1, -0.05) is 0 Å². The fourth-order valence-corrected chi connectivity index (χ4v) is 2.57. The Morgan fingerprint density at radius 2 is 1.57 bits per heavy atom. The minimum Gasteiger partial charge on any atom is -0.497 e. The van der Waals surface area contributed by atoms with Gasteiger partial charge in [-0.3, -0.25) is 4.79 Å². The van der Waals surface area contributed by atoms with Crippen LogP contribution in [0.25, 0.3) is 0 Å². The van der Waals surface area contributed by atoms with Gasteiger partial charge in [-0.25, -0.2) is 4.98 Å². The number of amides is 1. The lowest BCUT2D eigenvalue weighted by Gasteiger charge is -2.13. The van der Waals surface area contributed by atoms with Crippen LogP contribution in [0.4, 0.5) is 17.2 Å². The largest absolute Gasteiger partial charge is 0.497 e. The zero-order valence-corrected chi connectivity index (χ0v) is 15.9. The summed E-state index contributed by atoms with van der Waals surface area (Å²) in [6, 6.07) is 15.8. The summed E-state index contributed by atoms with van der Waals surface area (Å²) < 4.78 is 15.7. The Kier molecular flexibility index (Phi) is 5.96. The first-order chi connectivity index (χ1) is 13.6. The van der Waals surface area contributed by atoms with Crippen LogP contribution in [-0.2, 0) is 0 Å². The summed E-state index contributed by atoms with van der Waals surface area (Å²) >= 11 is 0. The summed E-state index contributed by atoms with van der Waals surface area (Å²) in [5, 5.41) is 6.01. The molecular formula is C21H21N3O4. The van der Waals surface area contributed by atoms with E-state index in [2.05, 4.69) is 15.6 Å². The highest BCUT2D eigenvalue weighted by Gasteiger charge is 2.10. The van der Waals surface area contributed by atoms with E-state index in [1.807, 2.05) is 0 Å². The zero-order valence-electron chi connectivity index (χ0n) is 15.9. The molecule has 1 aromatic heterocycles. The molecule has 2 aromatic carbocycles. The van der Waals surface area contributed by atoms with Crippen LogP contribution in [0.5, 0.6) is 17.2 Å². The number of aromatic nitrogens is 1. The number of carbonyl (C=O) groups is 1. The van der Waals surface area contributed by atoms with E-state index in [-0.39, 0.29) is 5.91 Å². The molecule has 144 valence electrons. The molecule has 1 amide bonds. The number of nitrogens with one attached hydrogen (secondary N) is 2. The molecule has 7 heteroatoms. The van der Waals surface area contributed by atoms with Gasteiger partial charge in [0.25, 0.3) is 5.91 Å². The molecule has 3 aromatic rings. The molecule has 1 heterocycles. The highest BCUT2D eigenvalue weighted by atomic mass is 16.5. The van der Waals surface area contributed by atoms with Crippen LogP contribution in [-0.4, -0.2) is 32.2 Å². The van der Waals surface area contributed by atoms with Gasteiger partial charge in [0.05, 0.1) is 27.0 Å². The Balaban J connectivity index is 1.77. The maximum atomic E-state index is 12.6. The number of benzene rings is 2. The second-order valence-corrected chi connectivity index (χ2v) is 5.80. The lowest BCUT2D eigenvalue weighted by Crippen LogP contribution is -2.12. The molecule has 28 heavy (non-hydrogen) atoms. The van der Waals surface area contributed by atoms with Gasteiger partial charge in [-0.2, -0.15) is 0 Å². The number of rotatable bonds is 7. The highest BCUT2D eigenvalue weighted by Crippen LogP contribution is 2.31. The van der Waals surface area contributed by atoms with Crippen molar-refractivity contribution in [2.24, 2.45) is 0 Å². The van der Waals surface area contributed by atoms with E-state index in [0.717, 1.165) is 5.75 Å².